The Morgan fingerprint density at radius 1 is 1.40 bits per heavy atom. The van der Waals surface area contributed by atoms with E-state index in [1.165, 1.54) is 0 Å². The van der Waals surface area contributed by atoms with E-state index >= 15 is 0 Å². The Hall–Kier alpha value is -1.57. The Labute approximate surface area is 89.8 Å². The van der Waals surface area contributed by atoms with E-state index in [0.29, 0.717) is 0 Å². The number of carbonyl (C=O) groups excluding carboxylic acids is 2. The molecule has 1 atom stereocenters. The molecule has 0 aliphatic heterocycles. The van der Waals surface area contributed by atoms with Gasteiger partial charge in [-0.05, 0) is 6.42 Å². The van der Waals surface area contributed by atoms with Crippen molar-refractivity contribution in [2.75, 3.05) is 0 Å². The number of nitriles is 1. The third-order valence-corrected chi connectivity index (χ3v) is 2.00. The van der Waals surface area contributed by atoms with Gasteiger partial charge >= 0.3 is 0 Å². The van der Waals surface area contributed by atoms with Crippen LogP contribution in [0.4, 0.5) is 0 Å². The summed E-state index contributed by atoms with van der Waals surface area (Å²) in [5.74, 6) is -0.824. The van der Waals surface area contributed by atoms with Crippen molar-refractivity contribution in [3.8, 4) is 6.07 Å². The number of hydrogen-bond acceptors (Lipinski definition) is 3. The van der Waals surface area contributed by atoms with Gasteiger partial charge in [0.15, 0.2) is 0 Å². The van der Waals surface area contributed by atoms with E-state index in [-0.39, 0.29) is 18.2 Å². The monoisotopic (exact) mass is 211 g/mol. The molecule has 0 aliphatic rings. The predicted molar refractivity (Wildman–Crippen MR) is 55.2 cm³/mol. The molecule has 0 saturated carbocycles. The van der Waals surface area contributed by atoms with Gasteiger partial charge in [-0.25, -0.2) is 0 Å². The zero-order valence-corrected chi connectivity index (χ0v) is 9.17. The molecule has 0 spiro atoms. The van der Waals surface area contributed by atoms with Crippen molar-refractivity contribution in [1.82, 2.24) is 10.9 Å². The van der Waals surface area contributed by atoms with Crippen LogP contribution in [0.5, 0.6) is 0 Å². The second kappa shape index (κ2) is 7.80. The number of unbranched alkanes of at least 4 members (excludes halogenated alkanes) is 1. The first-order chi connectivity index (χ1) is 7.11. The number of nitrogens with one attached hydrogen (secondary N) is 2. The lowest BCUT2D eigenvalue weighted by Crippen LogP contribution is -2.43. The minimum atomic E-state index is -0.492. The molecule has 0 aromatic heterocycles. The molecule has 0 aromatic carbocycles. The van der Waals surface area contributed by atoms with E-state index in [0.717, 1.165) is 19.3 Å². The summed E-state index contributed by atoms with van der Waals surface area (Å²) in [5, 5.41) is 8.20. The molecule has 0 aromatic rings. The fourth-order valence-electron chi connectivity index (χ4n) is 1.01. The van der Waals surface area contributed by atoms with Crippen molar-refractivity contribution in [1.29, 1.82) is 5.26 Å². The summed E-state index contributed by atoms with van der Waals surface area (Å²) < 4.78 is 0. The normalized spacial score (nSPS) is 11.3. The molecule has 5 nitrogen and oxygen atoms in total. The first-order valence-corrected chi connectivity index (χ1v) is 5.07. The van der Waals surface area contributed by atoms with Gasteiger partial charge in [0.2, 0.25) is 5.91 Å². The molecule has 0 saturated heterocycles. The van der Waals surface area contributed by atoms with Gasteiger partial charge in [0.25, 0.3) is 5.91 Å². The quantitative estimate of drug-likeness (QED) is 0.662. The topological polar surface area (TPSA) is 82.0 Å². The lowest BCUT2D eigenvalue weighted by Gasteiger charge is -2.11. The van der Waals surface area contributed by atoms with Gasteiger partial charge in [-0.1, -0.05) is 26.7 Å². The van der Waals surface area contributed by atoms with E-state index in [2.05, 4.69) is 17.8 Å². The summed E-state index contributed by atoms with van der Waals surface area (Å²) in [5.41, 5.74) is 4.47. The molecular weight excluding hydrogens is 194 g/mol. The van der Waals surface area contributed by atoms with Crippen molar-refractivity contribution in [2.45, 2.75) is 39.5 Å². The Kier molecular flexibility index (Phi) is 6.98. The highest BCUT2D eigenvalue weighted by Crippen LogP contribution is 2.06. The average Bonchev–Trinajstić information content (AvgIpc) is 2.22. The van der Waals surface area contributed by atoms with Crippen molar-refractivity contribution in [3.05, 3.63) is 0 Å². The van der Waals surface area contributed by atoms with Gasteiger partial charge in [0, 0.05) is 5.92 Å². The molecular formula is C10H17N3O2. The number of amides is 2. The van der Waals surface area contributed by atoms with Crippen LogP contribution in [0.2, 0.25) is 0 Å². The largest absolute Gasteiger partial charge is 0.273 e. The molecule has 84 valence electrons. The van der Waals surface area contributed by atoms with Crippen molar-refractivity contribution >= 4 is 11.8 Å². The maximum atomic E-state index is 11.3. The summed E-state index contributed by atoms with van der Waals surface area (Å²) >= 11 is 0. The SMILES string of the molecule is CCCCC(C)C(=O)NNC(=O)CC#N. The Balaban J connectivity index is 3.73. The predicted octanol–water partition coefficient (Wildman–Crippen LogP) is 0.874. The van der Waals surface area contributed by atoms with Gasteiger partial charge in [-0.15, -0.1) is 0 Å². The molecule has 0 radical (unpaired) electrons. The second-order valence-electron chi connectivity index (χ2n) is 3.42. The maximum absolute atomic E-state index is 11.3. The number of carbonyl (C=O) groups is 2. The number of rotatable bonds is 5. The van der Waals surface area contributed by atoms with Crippen LogP contribution in [-0.4, -0.2) is 11.8 Å². The molecule has 0 aliphatic carbocycles. The van der Waals surface area contributed by atoms with Crippen LogP contribution in [0.25, 0.3) is 0 Å². The van der Waals surface area contributed by atoms with E-state index in [4.69, 9.17) is 5.26 Å². The van der Waals surface area contributed by atoms with Gasteiger partial charge in [-0.2, -0.15) is 5.26 Å². The van der Waals surface area contributed by atoms with Crippen molar-refractivity contribution in [2.24, 2.45) is 5.92 Å². The first-order valence-electron chi connectivity index (χ1n) is 5.07. The van der Waals surface area contributed by atoms with Crippen LogP contribution in [-0.2, 0) is 9.59 Å². The Morgan fingerprint density at radius 2 is 2.07 bits per heavy atom. The number of nitrogens with zero attached hydrogens (tertiary/aromatic N) is 1. The number of hydrazine groups is 1. The fraction of sp³-hybridized carbons (Fsp3) is 0.700. The summed E-state index contributed by atoms with van der Waals surface area (Å²) in [6, 6.07) is 1.69. The van der Waals surface area contributed by atoms with Crippen LogP contribution in [0.1, 0.15) is 39.5 Å². The van der Waals surface area contributed by atoms with Gasteiger partial charge in [0.1, 0.15) is 6.42 Å². The highest BCUT2D eigenvalue weighted by Gasteiger charge is 2.12. The molecule has 0 rings (SSSR count). The zero-order valence-electron chi connectivity index (χ0n) is 9.17. The highest BCUT2D eigenvalue weighted by atomic mass is 16.2. The third kappa shape index (κ3) is 6.49. The molecule has 5 heteroatoms. The van der Waals surface area contributed by atoms with Gasteiger partial charge in [-0.3, -0.25) is 20.4 Å². The van der Waals surface area contributed by atoms with E-state index in [1.807, 2.05) is 0 Å². The molecule has 0 bridgehead atoms. The minimum absolute atomic E-state index is 0.118. The van der Waals surface area contributed by atoms with Crippen molar-refractivity contribution < 1.29 is 9.59 Å². The van der Waals surface area contributed by atoms with Gasteiger partial charge < -0.3 is 0 Å². The first kappa shape index (κ1) is 13.4. The maximum Gasteiger partial charge on any atom is 0.252 e. The second-order valence-corrected chi connectivity index (χ2v) is 3.42. The smallest absolute Gasteiger partial charge is 0.252 e. The summed E-state index contributed by atoms with van der Waals surface area (Å²) in [6.07, 6.45) is 2.58. The summed E-state index contributed by atoms with van der Waals surface area (Å²) in [7, 11) is 0. The third-order valence-electron chi connectivity index (χ3n) is 2.00. The lowest BCUT2D eigenvalue weighted by atomic mass is 10.0. The standard InChI is InChI=1S/C10H17N3O2/c1-3-4-5-8(2)10(15)13-12-9(14)6-7-11/h8H,3-6H2,1-2H3,(H,12,14)(H,13,15). The van der Waals surface area contributed by atoms with Crippen LogP contribution < -0.4 is 10.9 Å². The molecule has 1 unspecified atom stereocenters. The van der Waals surface area contributed by atoms with Crippen LogP contribution in [0, 0.1) is 17.2 Å². The Bertz CT molecular complexity index is 258. The van der Waals surface area contributed by atoms with Crippen LogP contribution in [0.15, 0.2) is 0 Å². The molecule has 0 heterocycles. The average molecular weight is 211 g/mol. The van der Waals surface area contributed by atoms with Crippen LogP contribution >= 0.6 is 0 Å². The molecule has 15 heavy (non-hydrogen) atoms. The summed E-state index contributed by atoms with van der Waals surface area (Å²) in [4.78, 5) is 22.2. The van der Waals surface area contributed by atoms with E-state index in [9.17, 15) is 9.59 Å². The van der Waals surface area contributed by atoms with Gasteiger partial charge in [0.05, 0.1) is 6.07 Å². The molecule has 0 fully saturated rings. The molecule has 2 N–H and O–H groups in total. The molecule has 2 amide bonds. The summed E-state index contributed by atoms with van der Waals surface area (Å²) in [6.45, 7) is 3.86. The number of hydrogen-bond donors (Lipinski definition) is 2. The van der Waals surface area contributed by atoms with Crippen molar-refractivity contribution in [3.63, 3.8) is 0 Å². The van der Waals surface area contributed by atoms with E-state index < -0.39 is 5.91 Å². The fourth-order valence-corrected chi connectivity index (χ4v) is 1.01. The van der Waals surface area contributed by atoms with E-state index in [1.54, 1.807) is 13.0 Å². The highest BCUT2D eigenvalue weighted by molar-refractivity contribution is 5.83. The zero-order chi connectivity index (χ0) is 11.7. The minimum Gasteiger partial charge on any atom is -0.273 e. The lowest BCUT2D eigenvalue weighted by molar-refractivity contribution is -0.130. The van der Waals surface area contributed by atoms with Crippen LogP contribution in [0.3, 0.4) is 0 Å². The Morgan fingerprint density at radius 3 is 2.60 bits per heavy atom.